The minimum absolute atomic E-state index is 0.00995. The van der Waals surface area contributed by atoms with E-state index in [1.807, 2.05) is 0 Å². The van der Waals surface area contributed by atoms with Crippen LogP contribution in [0.3, 0.4) is 0 Å². The number of carbonyl (C=O) groups excluding carboxylic acids is 2. The Morgan fingerprint density at radius 3 is 2.38 bits per heavy atom. The second-order valence-electron chi connectivity index (χ2n) is 2.50. The summed E-state index contributed by atoms with van der Waals surface area (Å²) < 4.78 is 13.9. The molecule has 0 saturated heterocycles. The summed E-state index contributed by atoms with van der Waals surface area (Å²) in [5.41, 5.74) is 0. The van der Waals surface area contributed by atoms with Crippen molar-refractivity contribution < 1.29 is 23.8 Å². The molecule has 0 aromatic rings. The molecule has 0 radical (unpaired) electrons. The van der Waals surface area contributed by atoms with E-state index in [9.17, 15) is 9.59 Å². The minimum Gasteiger partial charge on any atom is -0.463 e. The van der Waals surface area contributed by atoms with E-state index >= 15 is 0 Å². The van der Waals surface area contributed by atoms with Gasteiger partial charge >= 0.3 is 5.97 Å². The van der Waals surface area contributed by atoms with Gasteiger partial charge in [0, 0.05) is 13.5 Å². The molecule has 0 saturated carbocycles. The van der Waals surface area contributed by atoms with Crippen molar-refractivity contribution in [1.82, 2.24) is 0 Å². The van der Waals surface area contributed by atoms with Crippen LogP contribution in [0.2, 0.25) is 0 Å². The largest absolute Gasteiger partial charge is 0.463 e. The van der Waals surface area contributed by atoms with Crippen LogP contribution in [0.25, 0.3) is 0 Å². The van der Waals surface area contributed by atoms with Gasteiger partial charge in [0.1, 0.15) is 6.79 Å². The number of hydrogen-bond donors (Lipinski definition) is 0. The van der Waals surface area contributed by atoms with Gasteiger partial charge in [-0.25, -0.2) is 4.79 Å². The van der Waals surface area contributed by atoms with Gasteiger partial charge in [-0.2, -0.15) is 0 Å². The molecule has 0 amide bonds. The van der Waals surface area contributed by atoms with Crippen molar-refractivity contribution in [3.05, 3.63) is 0 Å². The van der Waals surface area contributed by atoms with Crippen LogP contribution in [0.15, 0.2) is 0 Å². The van der Waals surface area contributed by atoms with E-state index in [0.717, 1.165) is 0 Å². The number of ether oxygens (including phenoxy) is 3. The Morgan fingerprint density at radius 1 is 1.31 bits per heavy atom. The predicted molar refractivity (Wildman–Crippen MR) is 44.1 cm³/mol. The standard InChI is InChI=1S/C8H14O5/c1-6(13-5-11-2)4-7(9)8(10)12-3/h6H,4-5H2,1-3H3/t6-/m1/s1. The molecule has 0 fully saturated rings. The van der Waals surface area contributed by atoms with Gasteiger partial charge in [0.25, 0.3) is 0 Å². The Morgan fingerprint density at radius 2 is 1.92 bits per heavy atom. The quantitative estimate of drug-likeness (QED) is 0.338. The summed E-state index contributed by atoms with van der Waals surface area (Å²) in [7, 11) is 2.65. The lowest BCUT2D eigenvalue weighted by Gasteiger charge is -2.09. The maximum Gasteiger partial charge on any atom is 0.374 e. The van der Waals surface area contributed by atoms with E-state index in [0.29, 0.717) is 0 Å². The second kappa shape index (κ2) is 6.56. The number of hydrogen-bond acceptors (Lipinski definition) is 5. The fourth-order valence-electron chi connectivity index (χ4n) is 0.701. The number of Topliss-reactive ketones (excluding diaryl/α,β-unsaturated/α-hetero) is 1. The Labute approximate surface area is 77.0 Å². The lowest BCUT2D eigenvalue weighted by molar-refractivity contribution is -0.153. The van der Waals surface area contributed by atoms with Crippen molar-refractivity contribution in [2.24, 2.45) is 0 Å². The highest BCUT2D eigenvalue weighted by atomic mass is 16.7. The molecule has 0 aromatic carbocycles. The molecule has 0 aliphatic heterocycles. The smallest absolute Gasteiger partial charge is 0.374 e. The number of ketones is 1. The zero-order valence-electron chi connectivity index (χ0n) is 8.03. The second-order valence-corrected chi connectivity index (χ2v) is 2.50. The molecule has 0 rings (SSSR count). The summed E-state index contributed by atoms with van der Waals surface area (Å²) >= 11 is 0. The first-order valence-corrected chi connectivity index (χ1v) is 3.83. The van der Waals surface area contributed by atoms with Crippen LogP contribution in [0.1, 0.15) is 13.3 Å². The van der Waals surface area contributed by atoms with E-state index < -0.39 is 11.8 Å². The molecule has 0 bridgehead atoms. The molecule has 0 aliphatic carbocycles. The van der Waals surface area contributed by atoms with E-state index in [1.54, 1.807) is 6.92 Å². The van der Waals surface area contributed by atoms with Gasteiger partial charge in [-0.05, 0) is 6.92 Å². The van der Waals surface area contributed by atoms with Gasteiger partial charge in [-0.3, -0.25) is 4.79 Å². The van der Waals surface area contributed by atoms with Gasteiger partial charge in [0.15, 0.2) is 0 Å². The van der Waals surface area contributed by atoms with Crippen molar-refractivity contribution in [2.45, 2.75) is 19.4 Å². The van der Waals surface area contributed by atoms with Crippen LogP contribution >= 0.6 is 0 Å². The third-order valence-electron chi connectivity index (χ3n) is 1.36. The number of carbonyl (C=O) groups is 2. The normalized spacial score (nSPS) is 12.2. The van der Waals surface area contributed by atoms with Gasteiger partial charge < -0.3 is 14.2 Å². The molecular weight excluding hydrogens is 176 g/mol. The van der Waals surface area contributed by atoms with Crippen LogP contribution < -0.4 is 0 Å². The summed E-state index contributed by atoms with van der Waals surface area (Å²) in [6.45, 7) is 1.79. The molecule has 0 aliphatic rings. The summed E-state index contributed by atoms with van der Waals surface area (Å²) in [6.07, 6.45) is -0.331. The molecule has 5 nitrogen and oxygen atoms in total. The zero-order valence-corrected chi connectivity index (χ0v) is 8.03. The van der Waals surface area contributed by atoms with Crippen molar-refractivity contribution >= 4 is 11.8 Å². The van der Waals surface area contributed by atoms with Crippen molar-refractivity contribution in [3.63, 3.8) is 0 Å². The highest BCUT2D eigenvalue weighted by Gasteiger charge is 2.17. The summed E-state index contributed by atoms with van der Waals surface area (Å²) in [4.78, 5) is 21.6. The Kier molecular flexibility index (Phi) is 6.09. The summed E-state index contributed by atoms with van der Waals surface area (Å²) in [5, 5.41) is 0. The van der Waals surface area contributed by atoms with E-state index in [2.05, 4.69) is 9.47 Å². The average Bonchev–Trinajstić information content (AvgIpc) is 2.13. The first-order chi connectivity index (χ1) is 6.11. The van der Waals surface area contributed by atoms with Gasteiger partial charge in [-0.1, -0.05) is 0 Å². The fourth-order valence-corrected chi connectivity index (χ4v) is 0.701. The summed E-state index contributed by atoms with van der Waals surface area (Å²) in [6, 6.07) is 0. The van der Waals surface area contributed by atoms with Crippen LogP contribution in [0, 0.1) is 0 Å². The minimum atomic E-state index is -0.840. The molecule has 0 N–H and O–H groups in total. The predicted octanol–water partition coefficient (Wildman–Crippen LogP) is 0.128. The van der Waals surface area contributed by atoms with Gasteiger partial charge in [0.05, 0.1) is 13.2 Å². The lowest BCUT2D eigenvalue weighted by atomic mass is 10.2. The third kappa shape index (κ3) is 5.32. The third-order valence-corrected chi connectivity index (χ3v) is 1.36. The van der Waals surface area contributed by atoms with E-state index in [1.165, 1.54) is 14.2 Å². The number of rotatable bonds is 6. The monoisotopic (exact) mass is 190 g/mol. The first-order valence-electron chi connectivity index (χ1n) is 3.83. The molecule has 1 atom stereocenters. The van der Waals surface area contributed by atoms with Crippen LogP contribution in [-0.4, -0.2) is 38.9 Å². The molecule has 5 heteroatoms. The topological polar surface area (TPSA) is 61.8 Å². The van der Waals surface area contributed by atoms with Gasteiger partial charge in [0.2, 0.25) is 5.78 Å². The van der Waals surface area contributed by atoms with Gasteiger partial charge in [-0.15, -0.1) is 0 Å². The molecule has 0 spiro atoms. The van der Waals surface area contributed by atoms with Crippen LogP contribution in [-0.2, 0) is 23.8 Å². The molecular formula is C8H14O5. The first kappa shape index (κ1) is 12.1. The SMILES string of the molecule is COCO[C@H](C)CC(=O)C(=O)OC. The Bertz CT molecular complexity index is 177. The lowest BCUT2D eigenvalue weighted by Crippen LogP contribution is -2.22. The maximum absolute atomic E-state index is 11.0. The maximum atomic E-state index is 11.0. The molecule has 13 heavy (non-hydrogen) atoms. The highest BCUT2D eigenvalue weighted by molar-refractivity contribution is 6.33. The molecule has 0 unspecified atom stereocenters. The molecule has 76 valence electrons. The van der Waals surface area contributed by atoms with Crippen molar-refractivity contribution in [2.75, 3.05) is 21.0 Å². The van der Waals surface area contributed by atoms with E-state index in [-0.39, 0.29) is 19.3 Å². The fraction of sp³-hybridized carbons (Fsp3) is 0.750. The molecule has 0 aromatic heterocycles. The van der Waals surface area contributed by atoms with E-state index in [4.69, 9.17) is 4.74 Å². The van der Waals surface area contributed by atoms with Crippen LogP contribution in [0.4, 0.5) is 0 Å². The zero-order chi connectivity index (χ0) is 10.3. The Balaban J connectivity index is 3.71. The highest BCUT2D eigenvalue weighted by Crippen LogP contribution is 1.99. The average molecular weight is 190 g/mol. The van der Waals surface area contributed by atoms with Crippen LogP contribution in [0.5, 0.6) is 0 Å². The van der Waals surface area contributed by atoms with Crippen molar-refractivity contribution in [3.8, 4) is 0 Å². The summed E-state index contributed by atoms with van der Waals surface area (Å²) in [5.74, 6) is -1.43. The number of esters is 1. The number of methoxy groups -OCH3 is 2. The molecule has 0 heterocycles. The van der Waals surface area contributed by atoms with Crippen molar-refractivity contribution in [1.29, 1.82) is 0 Å². The Hall–Kier alpha value is -0.940.